The molecule has 2 heterocycles. The van der Waals surface area contributed by atoms with Crippen LogP contribution in [0.5, 0.6) is 0 Å². The summed E-state index contributed by atoms with van der Waals surface area (Å²) in [6, 6.07) is 3.39. The maximum atomic E-state index is 11.6. The first kappa shape index (κ1) is 12.8. The number of nitrogens with one attached hydrogen (secondary N) is 1. The first-order valence-electron chi connectivity index (χ1n) is 5.36. The number of amides is 2. The zero-order chi connectivity index (χ0) is 13.1. The summed E-state index contributed by atoms with van der Waals surface area (Å²) in [6.45, 7) is -0.112. The number of carbonyl (C=O) groups is 2. The maximum absolute atomic E-state index is 11.6. The minimum atomic E-state index is -0.376. The lowest BCUT2D eigenvalue weighted by molar-refractivity contribution is -0.159. The monoisotopic (exact) mass is 269 g/mol. The number of rotatable bonds is 3. The molecular formula is C11H12ClN3O3. The highest BCUT2D eigenvalue weighted by molar-refractivity contribution is 6.31. The quantitative estimate of drug-likeness (QED) is 0.817. The van der Waals surface area contributed by atoms with Crippen molar-refractivity contribution >= 4 is 29.2 Å². The van der Waals surface area contributed by atoms with E-state index in [1.54, 1.807) is 19.2 Å². The van der Waals surface area contributed by atoms with Crippen LogP contribution in [0.25, 0.3) is 0 Å². The molecule has 0 unspecified atom stereocenters. The van der Waals surface area contributed by atoms with E-state index in [2.05, 4.69) is 10.3 Å². The Morgan fingerprint density at radius 3 is 2.67 bits per heavy atom. The fourth-order valence-corrected chi connectivity index (χ4v) is 1.75. The fraction of sp³-hybridized carbons (Fsp3) is 0.364. The lowest BCUT2D eigenvalue weighted by Crippen LogP contribution is -2.45. The van der Waals surface area contributed by atoms with E-state index in [9.17, 15) is 9.59 Å². The highest BCUT2D eigenvalue weighted by atomic mass is 35.5. The van der Waals surface area contributed by atoms with Crippen LogP contribution in [0.1, 0.15) is 5.69 Å². The molecular weight excluding hydrogens is 258 g/mol. The van der Waals surface area contributed by atoms with Crippen LogP contribution in [-0.4, -0.2) is 42.0 Å². The molecule has 0 aromatic carbocycles. The molecule has 0 atom stereocenters. The molecule has 1 aromatic heterocycles. The van der Waals surface area contributed by atoms with Gasteiger partial charge in [-0.1, -0.05) is 11.6 Å². The van der Waals surface area contributed by atoms with Crippen molar-refractivity contribution in [2.75, 3.05) is 25.6 Å². The Balaban J connectivity index is 2.22. The van der Waals surface area contributed by atoms with Gasteiger partial charge in [0, 0.05) is 7.05 Å². The van der Waals surface area contributed by atoms with E-state index in [0.29, 0.717) is 16.5 Å². The number of aromatic nitrogens is 1. The molecule has 0 aliphatic carbocycles. The van der Waals surface area contributed by atoms with Crippen molar-refractivity contribution in [1.82, 2.24) is 9.88 Å². The average Bonchev–Trinajstić information content (AvgIpc) is 2.36. The number of carbonyl (C=O) groups excluding carboxylic acids is 2. The van der Waals surface area contributed by atoms with Crippen molar-refractivity contribution in [2.45, 2.75) is 6.54 Å². The number of halogens is 1. The molecule has 1 N–H and O–H groups in total. The Morgan fingerprint density at radius 2 is 2.06 bits per heavy atom. The van der Waals surface area contributed by atoms with Gasteiger partial charge in [0.05, 0.1) is 17.3 Å². The zero-order valence-corrected chi connectivity index (χ0v) is 10.5. The second-order valence-electron chi connectivity index (χ2n) is 3.74. The van der Waals surface area contributed by atoms with E-state index >= 15 is 0 Å². The van der Waals surface area contributed by atoms with E-state index in [1.807, 2.05) is 0 Å². The molecule has 0 bridgehead atoms. The van der Waals surface area contributed by atoms with Gasteiger partial charge in [-0.15, -0.1) is 0 Å². The van der Waals surface area contributed by atoms with Crippen molar-refractivity contribution in [3.63, 3.8) is 0 Å². The molecule has 0 saturated carbocycles. The highest BCUT2D eigenvalue weighted by Gasteiger charge is 2.27. The van der Waals surface area contributed by atoms with Gasteiger partial charge in [-0.2, -0.15) is 0 Å². The van der Waals surface area contributed by atoms with Crippen LogP contribution in [0, 0.1) is 0 Å². The van der Waals surface area contributed by atoms with Crippen molar-refractivity contribution in [1.29, 1.82) is 0 Å². The second-order valence-corrected chi connectivity index (χ2v) is 4.15. The summed E-state index contributed by atoms with van der Waals surface area (Å²) in [5, 5.41) is 3.29. The standard InChI is InChI=1S/C11H12ClN3O3/c1-13-9-3-2-7(12)8(14-9)4-15-10(16)5-18-6-11(15)17/h2-3H,4-6H2,1H3,(H,13,14). The number of hydrogen-bond acceptors (Lipinski definition) is 5. The fourth-order valence-electron chi connectivity index (χ4n) is 1.58. The summed E-state index contributed by atoms with van der Waals surface area (Å²) in [4.78, 5) is 28.5. The third-order valence-corrected chi connectivity index (χ3v) is 2.88. The Morgan fingerprint density at radius 1 is 1.39 bits per heavy atom. The third-order valence-electron chi connectivity index (χ3n) is 2.54. The van der Waals surface area contributed by atoms with E-state index in [-0.39, 0.29) is 31.6 Å². The van der Waals surface area contributed by atoms with Crippen LogP contribution in [0.3, 0.4) is 0 Å². The van der Waals surface area contributed by atoms with Crippen molar-refractivity contribution in [3.05, 3.63) is 22.8 Å². The molecule has 1 aliphatic heterocycles. The van der Waals surface area contributed by atoms with Gasteiger partial charge in [0.25, 0.3) is 11.8 Å². The highest BCUT2D eigenvalue weighted by Crippen LogP contribution is 2.19. The van der Waals surface area contributed by atoms with Gasteiger partial charge in [-0.05, 0) is 12.1 Å². The second kappa shape index (κ2) is 5.32. The molecule has 0 spiro atoms. The minimum Gasteiger partial charge on any atom is -0.373 e. The first-order valence-corrected chi connectivity index (χ1v) is 5.73. The van der Waals surface area contributed by atoms with Gasteiger partial charge >= 0.3 is 0 Å². The predicted molar refractivity (Wildman–Crippen MR) is 65.2 cm³/mol. The number of nitrogens with zero attached hydrogens (tertiary/aromatic N) is 2. The molecule has 1 aromatic rings. The van der Waals surface area contributed by atoms with Crippen LogP contribution in [0.15, 0.2) is 12.1 Å². The summed E-state index contributed by atoms with van der Waals surface area (Å²) < 4.78 is 4.83. The number of ether oxygens (including phenoxy) is 1. The Kier molecular flexibility index (Phi) is 3.78. The maximum Gasteiger partial charge on any atom is 0.255 e. The molecule has 2 amide bonds. The molecule has 2 rings (SSSR count). The summed E-state index contributed by atoms with van der Waals surface area (Å²) in [5.74, 6) is -0.125. The lowest BCUT2D eigenvalue weighted by atomic mass is 10.3. The topological polar surface area (TPSA) is 71.5 Å². The third kappa shape index (κ3) is 2.60. The van der Waals surface area contributed by atoms with Gasteiger partial charge in [-0.25, -0.2) is 4.98 Å². The number of morpholine rings is 1. The average molecular weight is 270 g/mol. The van der Waals surface area contributed by atoms with Crippen LogP contribution >= 0.6 is 11.6 Å². The summed E-state index contributed by atoms with van der Waals surface area (Å²) in [7, 11) is 1.73. The first-order chi connectivity index (χ1) is 8.61. The van der Waals surface area contributed by atoms with E-state index < -0.39 is 0 Å². The summed E-state index contributed by atoms with van der Waals surface area (Å²) >= 11 is 6.00. The number of hydrogen-bond donors (Lipinski definition) is 1. The van der Waals surface area contributed by atoms with Crippen molar-refractivity contribution in [3.8, 4) is 0 Å². The van der Waals surface area contributed by atoms with E-state index in [1.165, 1.54) is 0 Å². The summed E-state index contributed by atoms with van der Waals surface area (Å²) in [5.41, 5.74) is 0.479. The molecule has 0 radical (unpaired) electrons. The van der Waals surface area contributed by atoms with Gasteiger partial charge in [0.1, 0.15) is 19.0 Å². The SMILES string of the molecule is CNc1ccc(Cl)c(CN2C(=O)COCC2=O)n1. The number of imide groups is 1. The van der Waals surface area contributed by atoms with Crippen molar-refractivity contribution < 1.29 is 14.3 Å². The van der Waals surface area contributed by atoms with Crippen LogP contribution in [-0.2, 0) is 20.9 Å². The Hall–Kier alpha value is -1.66. The molecule has 96 valence electrons. The molecule has 7 heteroatoms. The minimum absolute atomic E-state index is 0.0649. The van der Waals surface area contributed by atoms with Gasteiger partial charge in [-0.3, -0.25) is 14.5 Å². The van der Waals surface area contributed by atoms with E-state index in [0.717, 1.165) is 4.90 Å². The smallest absolute Gasteiger partial charge is 0.255 e. The van der Waals surface area contributed by atoms with Crippen molar-refractivity contribution in [2.24, 2.45) is 0 Å². The molecule has 6 nitrogen and oxygen atoms in total. The number of anilines is 1. The molecule has 18 heavy (non-hydrogen) atoms. The number of pyridine rings is 1. The normalized spacial score (nSPS) is 16.0. The molecule has 1 saturated heterocycles. The Labute approximate surface area is 109 Å². The lowest BCUT2D eigenvalue weighted by Gasteiger charge is -2.24. The van der Waals surface area contributed by atoms with E-state index in [4.69, 9.17) is 16.3 Å². The zero-order valence-electron chi connectivity index (χ0n) is 9.77. The Bertz CT molecular complexity index is 476. The van der Waals surface area contributed by atoms with Crippen LogP contribution < -0.4 is 5.32 Å². The largest absolute Gasteiger partial charge is 0.373 e. The molecule has 1 fully saturated rings. The molecule has 1 aliphatic rings. The predicted octanol–water partition coefficient (Wildman–Crippen LogP) is 0.662. The summed E-state index contributed by atoms with van der Waals surface area (Å²) in [6.07, 6.45) is 0. The van der Waals surface area contributed by atoms with Gasteiger partial charge < -0.3 is 10.1 Å². The van der Waals surface area contributed by atoms with Crippen LogP contribution in [0.2, 0.25) is 5.02 Å². The van der Waals surface area contributed by atoms with Crippen LogP contribution in [0.4, 0.5) is 5.82 Å². The van der Waals surface area contributed by atoms with Gasteiger partial charge in [0.2, 0.25) is 0 Å². The van der Waals surface area contributed by atoms with Gasteiger partial charge in [0.15, 0.2) is 0 Å².